The van der Waals surface area contributed by atoms with E-state index in [4.69, 9.17) is 16.2 Å². The quantitative estimate of drug-likeness (QED) is 0.796. The van der Waals surface area contributed by atoms with Crippen molar-refractivity contribution in [1.82, 2.24) is 14.5 Å². The van der Waals surface area contributed by atoms with Crippen LogP contribution in [0, 0.1) is 12.3 Å². The van der Waals surface area contributed by atoms with Crippen LogP contribution in [0.25, 0.3) is 11.1 Å². The Morgan fingerprint density at radius 2 is 2.04 bits per heavy atom. The van der Waals surface area contributed by atoms with Crippen LogP contribution in [0.15, 0.2) is 23.1 Å². The number of rotatable bonds is 2. The van der Waals surface area contributed by atoms with Crippen LogP contribution in [0.4, 0.5) is 11.8 Å². The molecule has 0 saturated carbocycles. The summed E-state index contributed by atoms with van der Waals surface area (Å²) in [5, 5.41) is 0. The fraction of sp³-hybridized carbons (Fsp3) is 0.550. The average Bonchev–Trinajstić information content (AvgIpc) is 2.96. The third kappa shape index (κ3) is 2.87. The van der Waals surface area contributed by atoms with Gasteiger partial charge in [0.2, 0.25) is 5.95 Å². The standard InChI is InChI=1S/C20H28N6O2/c1-12-14(5-4-8-23-12)15-17(22)24-19(25(3)18(15)27)26-9-6-20(7-10-26)11-28-13(2)16(20)21/h4-5,8,13,16H,6-7,9-11,21-22H2,1-3H3/t13-,16+/m0/s1. The van der Waals surface area contributed by atoms with Crippen LogP contribution in [0.1, 0.15) is 25.5 Å². The predicted molar refractivity (Wildman–Crippen MR) is 109 cm³/mol. The Labute approximate surface area is 164 Å². The van der Waals surface area contributed by atoms with Gasteiger partial charge in [0.25, 0.3) is 5.56 Å². The number of aromatic nitrogens is 3. The van der Waals surface area contributed by atoms with E-state index in [0.29, 0.717) is 18.1 Å². The van der Waals surface area contributed by atoms with Crippen LogP contribution in [0.3, 0.4) is 0 Å². The lowest BCUT2D eigenvalue weighted by molar-refractivity contribution is 0.0973. The van der Waals surface area contributed by atoms with E-state index >= 15 is 0 Å². The minimum atomic E-state index is -0.159. The molecule has 150 valence electrons. The Kier molecular flexibility index (Phi) is 4.63. The fourth-order valence-corrected chi connectivity index (χ4v) is 4.52. The SMILES string of the molecule is Cc1ncccc1-c1c(N)nc(N2CCC3(CC2)CO[C@@H](C)[C@H]3N)n(C)c1=O. The van der Waals surface area contributed by atoms with Gasteiger partial charge in [-0.2, -0.15) is 4.98 Å². The molecule has 0 radical (unpaired) electrons. The number of nitrogens with zero attached hydrogens (tertiary/aromatic N) is 4. The molecule has 4 heterocycles. The normalized spacial score (nSPS) is 24.1. The summed E-state index contributed by atoms with van der Waals surface area (Å²) in [4.78, 5) is 24.1. The second-order valence-electron chi connectivity index (χ2n) is 8.06. The van der Waals surface area contributed by atoms with Crippen LogP contribution >= 0.6 is 0 Å². The maximum atomic E-state index is 13.1. The first-order valence-electron chi connectivity index (χ1n) is 9.75. The highest BCUT2D eigenvalue weighted by Crippen LogP contribution is 2.41. The predicted octanol–water partition coefficient (Wildman–Crippen LogP) is 1.07. The molecular formula is C20H28N6O2. The van der Waals surface area contributed by atoms with Gasteiger partial charge in [0.15, 0.2) is 0 Å². The van der Waals surface area contributed by atoms with Crippen molar-refractivity contribution in [3.05, 3.63) is 34.4 Å². The zero-order chi connectivity index (χ0) is 20.1. The van der Waals surface area contributed by atoms with Crippen molar-refractivity contribution >= 4 is 11.8 Å². The molecular weight excluding hydrogens is 356 g/mol. The Balaban J connectivity index is 1.64. The highest BCUT2D eigenvalue weighted by atomic mass is 16.5. The van der Waals surface area contributed by atoms with Gasteiger partial charge in [-0.05, 0) is 32.8 Å². The molecule has 2 atom stereocenters. The van der Waals surface area contributed by atoms with Gasteiger partial charge in [-0.1, -0.05) is 6.07 Å². The molecule has 0 bridgehead atoms. The van der Waals surface area contributed by atoms with Crippen molar-refractivity contribution < 1.29 is 4.74 Å². The Morgan fingerprint density at radius 3 is 2.64 bits per heavy atom. The van der Waals surface area contributed by atoms with E-state index in [0.717, 1.165) is 37.2 Å². The number of aryl methyl sites for hydroxylation is 1. The molecule has 2 aliphatic rings. The highest BCUT2D eigenvalue weighted by molar-refractivity contribution is 5.75. The maximum Gasteiger partial charge on any atom is 0.264 e. The summed E-state index contributed by atoms with van der Waals surface area (Å²) >= 11 is 0. The first-order valence-corrected chi connectivity index (χ1v) is 9.75. The lowest BCUT2D eigenvalue weighted by Crippen LogP contribution is -2.51. The molecule has 1 spiro atoms. The number of piperidine rings is 1. The molecule has 2 aromatic rings. The van der Waals surface area contributed by atoms with E-state index in [1.165, 1.54) is 0 Å². The first-order chi connectivity index (χ1) is 13.3. The number of anilines is 2. The molecule has 2 aromatic heterocycles. The summed E-state index contributed by atoms with van der Waals surface area (Å²) in [6.07, 6.45) is 3.62. The van der Waals surface area contributed by atoms with Crippen LogP contribution in [0.5, 0.6) is 0 Å². The largest absolute Gasteiger partial charge is 0.383 e. The molecule has 2 aliphatic heterocycles. The van der Waals surface area contributed by atoms with E-state index in [9.17, 15) is 4.79 Å². The summed E-state index contributed by atoms with van der Waals surface area (Å²) in [5.74, 6) is 0.840. The zero-order valence-electron chi connectivity index (χ0n) is 16.7. The number of nitrogens with two attached hydrogens (primary N) is 2. The van der Waals surface area contributed by atoms with Crippen molar-refractivity contribution in [3.8, 4) is 11.1 Å². The lowest BCUT2D eigenvalue weighted by atomic mass is 9.73. The fourth-order valence-electron chi connectivity index (χ4n) is 4.52. The molecule has 28 heavy (non-hydrogen) atoms. The lowest BCUT2D eigenvalue weighted by Gasteiger charge is -2.41. The van der Waals surface area contributed by atoms with Crippen molar-refractivity contribution in [2.24, 2.45) is 18.2 Å². The van der Waals surface area contributed by atoms with Gasteiger partial charge >= 0.3 is 0 Å². The van der Waals surface area contributed by atoms with E-state index in [-0.39, 0.29) is 28.9 Å². The summed E-state index contributed by atoms with van der Waals surface area (Å²) in [5.41, 5.74) is 14.4. The molecule has 8 heteroatoms. The molecule has 2 fully saturated rings. The first kappa shape index (κ1) is 18.9. The van der Waals surface area contributed by atoms with Crippen LogP contribution < -0.4 is 21.9 Å². The Bertz CT molecular complexity index is 948. The molecule has 0 aromatic carbocycles. The number of ether oxygens (including phenoxy) is 1. The van der Waals surface area contributed by atoms with Gasteiger partial charge in [0, 0.05) is 49.0 Å². The maximum absolute atomic E-state index is 13.1. The highest BCUT2D eigenvalue weighted by Gasteiger charge is 2.47. The second-order valence-corrected chi connectivity index (χ2v) is 8.06. The zero-order valence-corrected chi connectivity index (χ0v) is 16.7. The van der Waals surface area contributed by atoms with Crippen molar-refractivity contribution in [2.45, 2.75) is 38.8 Å². The summed E-state index contributed by atoms with van der Waals surface area (Å²) in [7, 11) is 1.75. The van der Waals surface area contributed by atoms with E-state index in [2.05, 4.69) is 14.9 Å². The van der Waals surface area contributed by atoms with Crippen molar-refractivity contribution in [1.29, 1.82) is 0 Å². The van der Waals surface area contributed by atoms with E-state index in [1.54, 1.807) is 23.9 Å². The van der Waals surface area contributed by atoms with Crippen LogP contribution in [-0.2, 0) is 11.8 Å². The number of nitrogen functional groups attached to an aromatic ring is 1. The molecule has 4 N–H and O–H groups in total. The van der Waals surface area contributed by atoms with Gasteiger partial charge in [-0.25, -0.2) is 0 Å². The van der Waals surface area contributed by atoms with E-state index in [1.807, 2.05) is 19.9 Å². The smallest absolute Gasteiger partial charge is 0.264 e. The van der Waals surface area contributed by atoms with Crippen molar-refractivity contribution in [2.75, 3.05) is 30.3 Å². The average molecular weight is 384 g/mol. The van der Waals surface area contributed by atoms with Gasteiger partial charge < -0.3 is 21.1 Å². The molecule has 0 unspecified atom stereocenters. The van der Waals surface area contributed by atoms with Gasteiger partial charge in [-0.3, -0.25) is 14.3 Å². The molecule has 0 aliphatic carbocycles. The third-order valence-electron chi connectivity index (χ3n) is 6.46. The summed E-state index contributed by atoms with van der Waals surface area (Å²) in [6.45, 7) is 6.15. The molecule has 8 nitrogen and oxygen atoms in total. The van der Waals surface area contributed by atoms with Gasteiger partial charge in [0.05, 0.1) is 18.3 Å². The van der Waals surface area contributed by atoms with Gasteiger partial charge in [0.1, 0.15) is 5.82 Å². The number of hydrogen-bond acceptors (Lipinski definition) is 7. The second kappa shape index (κ2) is 6.86. The Morgan fingerprint density at radius 1 is 1.32 bits per heavy atom. The molecule has 0 amide bonds. The topological polar surface area (TPSA) is 112 Å². The Hall–Kier alpha value is -2.45. The monoisotopic (exact) mass is 384 g/mol. The minimum Gasteiger partial charge on any atom is -0.383 e. The van der Waals surface area contributed by atoms with Crippen LogP contribution in [-0.4, -0.2) is 46.4 Å². The van der Waals surface area contributed by atoms with E-state index < -0.39 is 0 Å². The van der Waals surface area contributed by atoms with Crippen molar-refractivity contribution in [3.63, 3.8) is 0 Å². The third-order valence-corrected chi connectivity index (χ3v) is 6.46. The minimum absolute atomic E-state index is 0.0209. The van der Waals surface area contributed by atoms with Crippen LogP contribution in [0.2, 0.25) is 0 Å². The number of hydrogen-bond donors (Lipinski definition) is 2. The number of pyridine rings is 1. The summed E-state index contributed by atoms with van der Waals surface area (Å²) < 4.78 is 7.38. The molecule has 2 saturated heterocycles. The summed E-state index contributed by atoms with van der Waals surface area (Å²) in [6, 6.07) is 3.70. The molecule has 4 rings (SSSR count). The van der Waals surface area contributed by atoms with Gasteiger partial charge in [-0.15, -0.1) is 0 Å².